The van der Waals surface area contributed by atoms with Gasteiger partial charge in [0.05, 0.1) is 28.9 Å². The number of hydrogen-bond acceptors (Lipinski definition) is 7. The molecule has 8 nitrogen and oxygen atoms in total. The van der Waals surface area contributed by atoms with E-state index in [1.54, 1.807) is 12.4 Å². The van der Waals surface area contributed by atoms with Crippen LogP contribution in [0.25, 0.3) is 33.4 Å². The Morgan fingerprint density at radius 3 is 2.46 bits per heavy atom. The minimum Gasteiger partial charge on any atom is -0.383 e. The van der Waals surface area contributed by atoms with E-state index in [4.69, 9.17) is 5.73 Å². The zero-order valence-corrected chi connectivity index (χ0v) is 20.3. The van der Waals surface area contributed by atoms with Gasteiger partial charge in [0.1, 0.15) is 18.2 Å². The van der Waals surface area contributed by atoms with Crippen molar-refractivity contribution in [2.75, 3.05) is 18.8 Å². The summed E-state index contributed by atoms with van der Waals surface area (Å²) < 4.78 is 2.01. The maximum Gasteiger partial charge on any atom is 0.163 e. The second-order valence-corrected chi connectivity index (χ2v) is 9.39. The van der Waals surface area contributed by atoms with Crippen LogP contribution in [-0.2, 0) is 6.54 Å². The van der Waals surface area contributed by atoms with E-state index in [1.807, 2.05) is 41.1 Å². The molecule has 0 bridgehead atoms. The lowest BCUT2D eigenvalue weighted by atomic mass is 9.97. The van der Waals surface area contributed by atoms with Gasteiger partial charge in [-0.1, -0.05) is 54.6 Å². The van der Waals surface area contributed by atoms with Crippen LogP contribution < -0.4 is 5.73 Å². The van der Waals surface area contributed by atoms with Gasteiger partial charge in [-0.05, 0) is 30.0 Å². The van der Waals surface area contributed by atoms with Gasteiger partial charge >= 0.3 is 0 Å². The summed E-state index contributed by atoms with van der Waals surface area (Å²) in [7, 11) is 0. The van der Waals surface area contributed by atoms with Gasteiger partial charge in [-0.25, -0.2) is 14.6 Å². The Morgan fingerprint density at radius 1 is 0.919 bits per heavy atom. The molecule has 1 saturated heterocycles. The van der Waals surface area contributed by atoms with E-state index in [9.17, 15) is 5.26 Å². The van der Waals surface area contributed by atoms with Gasteiger partial charge < -0.3 is 5.73 Å². The van der Waals surface area contributed by atoms with Crippen molar-refractivity contribution in [1.82, 2.24) is 29.6 Å². The number of pyridine rings is 1. The molecule has 1 aliphatic heterocycles. The lowest BCUT2D eigenvalue weighted by molar-refractivity contribution is 0.175. The van der Waals surface area contributed by atoms with Crippen molar-refractivity contribution in [1.29, 1.82) is 5.26 Å². The van der Waals surface area contributed by atoms with Crippen molar-refractivity contribution in [2.45, 2.75) is 25.4 Å². The van der Waals surface area contributed by atoms with E-state index in [2.05, 4.69) is 55.3 Å². The normalized spacial score (nSPS) is 14.6. The zero-order valence-electron chi connectivity index (χ0n) is 20.3. The monoisotopic (exact) mass is 486 g/mol. The number of piperidine rings is 1. The van der Waals surface area contributed by atoms with E-state index < -0.39 is 0 Å². The van der Waals surface area contributed by atoms with E-state index in [-0.39, 0.29) is 0 Å². The minimum atomic E-state index is 0.310. The number of anilines is 1. The van der Waals surface area contributed by atoms with Crippen LogP contribution in [0.5, 0.6) is 0 Å². The van der Waals surface area contributed by atoms with Crippen molar-refractivity contribution in [3.63, 3.8) is 0 Å². The number of nitrogens with two attached hydrogens (primary N) is 1. The molecule has 2 N–H and O–H groups in total. The fourth-order valence-corrected chi connectivity index (χ4v) is 5.09. The van der Waals surface area contributed by atoms with Crippen LogP contribution >= 0.6 is 0 Å². The Morgan fingerprint density at radius 2 is 1.70 bits per heavy atom. The molecule has 182 valence electrons. The fourth-order valence-electron chi connectivity index (χ4n) is 5.09. The molecule has 0 unspecified atom stereocenters. The Hall–Kier alpha value is -4.61. The molecule has 6 rings (SSSR count). The molecule has 2 aromatic carbocycles. The average molecular weight is 487 g/mol. The molecule has 0 spiro atoms. The maximum atomic E-state index is 9.38. The summed E-state index contributed by atoms with van der Waals surface area (Å²) in [5.74, 6) is 0.476. The predicted octanol–water partition coefficient (Wildman–Crippen LogP) is 4.85. The number of benzene rings is 2. The molecular formula is C29H26N8. The van der Waals surface area contributed by atoms with Crippen LogP contribution in [0.15, 0.2) is 79.4 Å². The number of nitrogen functional groups attached to an aromatic ring is 1. The summed E-state index contributed by atoms with van der Waals surface area (Å²) in [5, 5.41) is 14.8. The lowest BCUT2D eigenvalue weighted by Crippen LogP contribution is -2.34. The van der Waals surface area contributed by atoms with Crippen LogP contribution in [0.3, 0.4) is 0 Å². The van der Waals surface area contributed by atoms with E-state index in [0.717, 1.165) is 65.9 Å². The highest BCUT2D eigenvalue weighted by Crippen LogP contribution is 2.32. The molecular weight excluding hydrogens is 460 g/mol. The first-order chi connectivity index (χ1) is 18.2. The number of likely N-dealkylation sites (tertiary alicyclic amines) is 1. The van der Waals surface area contributed by atoms with Crippen molar-refractivity contribution >= 4 is 16.9 Å². The van der Waals surface area contributed by atoms with Crippen LogP contribution in [0.4, 0.5) is 5.82 Å². The van der Waals surface area contributed by atoms with E-state index in [1.165, 1.54) is 11.9 Å². The van der Waals surface area contributed by atoms with Crippen LogP contribution in [0.2, 0.25) is 0 Å². The summed E-state index contributed by atoms with van der Waals surface area (Å²) in [6.07, 6.45) is 6.93. The number of rotatable bonds is 5. The molecule has 1 aliphatic rings. The van der Waals surface area contributed by atoms with Crippen LogP contribution in [0.1, 0.15) is 30.0 Å². The van der Waals surface area contributed by atoms with Crippen molar-refractivity contribution in [3.05, 3.63) is 90.5 Å². The van der Waals surface area contributed by atoms with Crippen molar-refractivity contribution in [2.24, 2.45) is 0 Å². The Labute approximate surface area is 215 Å². The predicted molar refractivity (Wildman–Crippen MR) is 143 cm³/mol. The van der Waals surface area contributed by atoms with Gasteiger partial charge in [0.25, 0.3) is 0 Å². The molecule has 8 heteroatoms. The van der Waals surface area contributed by atoms with Crippen LogP contribution in [-0.4, -0.2) is 42.7 Å². The van der Waals surface area contributed by atoms with Crippen molar-refractivity contribution < 1.29 is 0 Å². The van der Waals surface area contributed by atoms with Gasteiger partial charge in [-0.15, -0.1) is 0 Å². The Balaban J connectivity index is 1.15. The Kier molecular flexibility index (Phi) is 6.05. The third-order valence-corrected chi connectivity index (χ3v) is 7.06. The molecule has 4 heterocycles. The first-order valence-corrected chi connectivity index (χ1v) is 12.4. The topological polar surface area (TPSA) is 110 Å². The van der Waals surface area contributed by atoms with E-state index in [0.29, 0.717) is 17.4 Å². The molecule has 0 radical (unpaired) electrons. The lowest BCUT2D eigenvalue weighted by Gasteiger charge is -2.32. The zero-order chi connectivity index (χ0) is 25.2. The third-order valence-electron chi connectivity index (χ3n) is 7.06. The number of aromatic nitrogens is 5. The van der Waals surface area contributed by atoms with Gasteiger partial charge in [0.2, 0.25) is 0 Å². The highest BCUT2D eigenvalue weighted by molar-refractivity contribution is 5.84. The van der Waals surface area contributed by atoms with Gasteiger partial charge in [0.15, 0.2) is 5.65 Å². The van der Waals surface area contributed by atoms with Crippen LogP contribution in [0, 0.1) is 11.3 Å². The number of nitrogens with zero attached hydrogens (tertiary/aromatic N) is 7. The largest absolute Gasteiger partial charge is 0.383 e. The van der Waals surface area contributed by atoms with Gasteiger partial charge in [-0.2, -0.15) is 10.4 Å². The molecule has 3 aromatic heterocycles. The van der Waals surface area contributed by atoms with Crippen molar-refractivity contribution in [3.8, 4) is 28.5 Å². The number of fused-ring (bicyclic) bond motifs is 1. The second-order valence-electron chi connectivity index (χ2n) is 9.39. The molecule has 0 saturated carbocycles. The molecule has 0 amide bonds. The molecule has 0 aliphatic carbocycles. The SMILES string of the molecule is N#Cc1cnc(-c2ccc(CN3CCC(n4ncc5c(N)ncnc54)CC3)cc2)c(-c2ccccc2)c1. The Bertz CT molecular complexity index is 1580. The second kappa shape index (κ2) is 9.80. The van der Waals surface area contributed by atoms with Gasteiger partial charge in [0, 0.05) is 37.0 Å². The third kappa shape index (κ3) is 4.53. The molecule has 5 aromatic rings. The smallest absolute Gasteiger partial charge is 0.163 e. The summed E-state index contributed by atoms with van der Waals surface area (Å²) >= 11 is 0. The summed E-state index contributed by atoms with van der Waals surface area (Å²) in [5.41, 5.74) is 12.5. The standard InChI is InChI=1S/C29H26N8/c30-15-21-14-25(22-4-2-1-3-5-22)27(32-16-21)23-8-6-20(7-9-23)18-36-12-10-24(11-13-36)37-29-26(17-35-37)28(31)33-19-34-29/h1-9,14,16-17,19,24H,10-13,18H2,(H2,31,33,34). The summed E-state index contributed by atoms with van der Waals surface area (Å²) in [6.45, 7) is 2.88. The molecule has 1 fully saturated rings. The van der Waals surface area contributed by atoms with E-state index >= 15 is 0 Å². The first kappa shape index (κ1) is 22.8. The summed E-state index contributed by atoms with van der Waals surface area (Å²) in [4.78, 5) is 15.6. The molecule has 0 atom stereocenters. The minimum absolute atomic E-state index is 0.310. The first-order valence-electron chi connectivity index (χ1n) is 12.4. The van der Waals surface area contributed by atoms with Gasteiger partial charge in [-0.3, -0.25) is 9.88 Å². The summed E-state index contributed by atoms with van der Waals surface area (Å²) in [6, 6.07) is 23.1. The highest BCUT2D eigenvalue weighted by Gasteiger charge is 2.23. The maximum absolute atomic E-state index is 9.38. The molecule has 37 heavy (non-hydrogen) atoms. The number of nitriles is 1. The highest BCUT2D eigenvalue weighted by atomic mass is 15.3. The fraction of sp³-hybridized carbons (Fsp3) is 0.207. The number of hydrogen-bond donors (Lipinski definition) is 1. The quantitative estimate of drug-likeness (QED) is 0.378. The average Bonchev–Trinajstić information content (AvgIpc) is 3.40.